The third kappa shape index (κ3) is 4.97. The van der Waals surface area contributed by atoms with Crippen LogP contribution >= 0.6 is 15.9 Å². The van der Waals surface area contributed by atoms with E-state index < -0.39 is 28.0 Å². The Morgan fingerprint density at radius 1 is 1.03 bits per heavy atom. The highest BCUT2D eigenvalue weighted by Gasteiger charge is 2.34. The third-order valence-electron chi connectivity index (χ3n) is 7.01. The van der Waals surface area contributed by atoms with Gasteiger partial charge in [0.2, 0.25) is 0 Å². The Hall–Kier alpha value is -3.90. The molecule has 0 aliphatic carbocycles. The lowest BCUT2D eigenvalue weighted by Gasteiger charge is -2.40. The minimum absolute atomic E-state index is 0.178. The van der Waals surface area contributed by atoms with Crippen molar-refractivity contribution in [1.82, 2.24) is 14.5 Å². The number of halogens is 3. The van der Waals surface area contributed by atoms with Gasteiger partial charge >= 0.3 is 11.2 Å². The second-order valence-electron chi connectivity index (χ2n) is 9.18. The van der Waals surface area contributed by atoms with E-state index in [1.54, 1.807) is 35.2 Å². The van der Waals surface area contributed by atoms with Gasteiger partial charge in [0, 0.05) is 44.9 Å². The summed E-state index contributed by atoms with van der Waals surface area (Å²) in [5, 5.41) is 12.1. The summed E-state index contributed by atoms with van der Waals surface area (Å²) in [6.45, 7) is 1.56. The van der Waals surface area contributed by atoms with Gasteiger partial charge in [-0.3, -0.25) is 19.8 Å². The number of benzene rings is 2. The third-order valence-corrected chi connectivity index (χ3v) is 7.45. The number of nitrogens with zero attached hydrogens (tertiary/aromatic N) is 5. The lowest BCUT2D eigenvalue weighted by Crippen LogP contribution is -2.48. The number of rotatable bonds is 6. The average Bonchev–Trinajstić information content (AvgIpc) is 2.92. The van der Waals surface area contributed by atoms with Crippen LogP contribution in [0.1, 0.15) is 17.2 Å². The van der Waals surface area contributed by atoms with Crippen molar-refractivity contribution < 1.29 is 18.4 Å². The van der Waals surface area contributed by atoms with Crippen molar-refractivity contribution >= 4 is 38.3 Å². The Morgan fingerprint density at radius 2 is 1.69 bits per heavy atom. The molecule has 0 amide bonds. The quantitative estimate of drug-likeness (QED) is 0.178. The van der Waals surface area contributed by atoms with E-state index in [2.05, 4.69) is 25.8 Å². The molecule has 0 N–H and O–H groups in total. The lowest BCUT2D eigenvalue weighted by atomic mass is 9.95. The van der Waals surface area contributed by atoms with Crippen molar-refractivity contribution in [2.24, 2.45) is 7.05 Å². The van der Waals surface area contributed by atoms with Crippen LogP contribution < -0.4 is 15.2 Å². The van der Waals surface area contributed by atoms with Crippen LogP contribution in [0, 0.1) is 21.7 Å². The molecule has 0 spiro atoms. The fraction of sp³-hybridized carbons (Fsp3) is 0.259. The minimum atomic E-state index is -0.714. The molecule has 2 aromatic carbocycles. The second kappa shape index (κ2) is 10.7. The zero-order valence-corrected chi connectivity index (χ0v) is 22.7. The Labute approximate surface area is 230 Å². The van der Waals surface area contributed by atoms with E-state index in [9.17, 15) is 23.7 Å². The van der Waals surface area contributed by atoms with Gasteiger partial charge in [-0.1, -0.05) is 18.2 Å². The maximum absolute atomic E-state index is 14.0. The first-order valence-corrected chi connectivity index (χ1v) is 12.9. The van der Waals surface area contributed by atoms with Gasteiger partial charge in [-0.05, 0) is 51.8 Å². The van der Waals surface area contributed by atoms with Crippen LogP contribution in [0.5, 0.6) is 5.75 Å². The maximum Gasteiger partial charge on any atom is 0.359 e. The number of nitro groups is 1. The van der Waals surface area contributed by atoms with E-state index in [-0.39, 0.29) is 11.5 Å². The van der Waals surface area contributed by atoms with E-state index in [0.717, 1.165) is 5.56 Å². The van der Waals surface area contributed by atoms with Crippen molar-refractivity contribution in [2.45, 2.75) is 6.04 Å². The molecule has 39 heavy (non-hydrogen) atoms. The van der Waals surface area contributed by atoms with Gasteiger partial charge in [-0.25, -0.2) is 13.8 Å². The Balaban J connectivity index is 1.55. The van der Waals surface area contributed by atoms with Crippen molar-refractivity contribution in [2.75, 3.05) is 38.2 Å². The van der Waals surface area contributed by atoms with Gasteiger partial charge in [0.25, 0.3) is 0 Å². The number of methoxy groups -OCH3 is 1. The molecule has 1 aliphatic rings. The topological polar surface area (TPSA) is 93.7 Å². The number of hydrogen-bond donors (Lipinski definition) is 0. The summed E-state index contributed by atoms with van der Waals surface area (Å²) in [4.78, 5) is 32.9. The molecule has 202 valence electrons. The van der Waals surface area contributed by atoms with E-state index in [4.69, 9.17) is 4.74 Å². The van der Waals surface area contributed by atoms with E-state index in [1.165, 1.54) is 43.0 Å². The molecule has 12 heteroatoms. The van der Waals surface area contributed by atoms with Crippen LogP contribution in [0.4, 0.5) is 20.2 Å². The Morgan fingerprint density at radius 3 is 2.33 bits per heavy atom. The number of aryl methyl sites for hydroxylation is 1. The van der Waals surface area contributed by atoms with Gasteiger partial charge in [0.1, 0.15) is 27.5 Å². The summed E-state index contributed by atoms with van der Waals surface area (Å²) in [5.41, 5.74) is 1.25. The highest BCUT2D eigenvalue weighted by atomic mass is 79.9. The molecule has 4 aromatic rings. The molecule has 1 atom stereocenters. The Kier molecular flexibility index (Phi) is 7.32. The molecule has 0 radical (unpaired) electrons. The normalized spacial score (nSPS) is 14.9. The number of anilines is 1. The van der Waals surface area contributed by atoms with E-state index in [0.29, 0.717) is 53.1 Å². The summed E-state index contributed by atoms with van der Waals surface area (Å²) >= 11 is 3.34. The summed E-state index contributed by atoms with van der Waals surface area (Å²) in [6.07, 6.45) is 0. The highest BCUT2D eigenvalue weighted by molar-refractivity contribution is 9.10. The van der Waals surface area contributed by atoms with Gasteiger partial charge in [-0.2, -0.15) is 0 Å². The predicted molar refractivity (Wildman–Crippen MR) is 146 cm³/mol. The molecule has 5 rings (SSSR count). The van der Waals surface area contributed by atoms with Crippen LogP contribution in [0.25, 0.3) is 11.0 Å². The molecule has 0 bridgehead atoms. The Bertz CT molecular complexity index is 1620. The molecule has 3 heterocycles. The lowest BCUT2D eigenvalue weighted by molar-refractivity contribution is -0.385. The monoisotopic (exact) mass is 599 g/mol. The number of fused-ring (bicyclic) bond motifs is 1. The van der Waals surface area contributed by atoms with Gasteiger partial charge in [0.05, 0.1) is 23.6 Å². The number of ether oxygens (including phenoxy) is 1. The highest BCUT2D eigenvalue weighted by Crippen LogP contribution is 2.38. The molecule has 1 saturated heterocycles. The van der Waals surface area contributed by atoms with E-state index in [1.807, 2.05) is 0 Å². The molecule has 2 aromatic heterocycles. The van der Waals surface area contributed by atoms with Gasteiger partial charge in [-0.15, -0.1) is 0 Å². The summed E-state index contributed by atoms with van der Waals surface area (Å²) < 4.78 is 35.0. The van der Waals surface area contributed by atoms with Crippen molar-refractivity contribution in [3.8, 4) is 5.75 Å². The zero-order valence-electron chi connectivity index (χ0n) is 21.1. The predicted octanol–water partition coefficient (Wildman–Crippen LogP) is 4.80. The maximum atomic E-state index is 14.0. The number of pyridine rings is 2. The van der Waals surface area contributed by atoms with Crippen LogP contribution in [0.15, 0.2) is 64.0 Å². The fourth-order valence-electron chi connectivity index (χ4n) is 5.17. The smallest absolute Gasteiger partial charge is 0.359 e. The first kappa shape index (κ1) is 26.7. The number of hydrogen-bond acceptors (Lipinski definition) is 7. The number of piperazine rings is 1. The summed E-state index contributed by atoms with van der Waals surface area (Å²) in [6, 6.07) is 13.4. The van der Waals surface area contributed by atoms with Crippen molar-refractivity contribution in [3.05, 3.63) is 102 Å². The van der Waals surface area contributed by atoms with Crippen LogP contribution in [0.2, 0.25) is 0 Å². The van der Waals surface area contributed by atoms with Crippen molar-refractivity contribution in [1.29, 1.82) is 0 Å². The molecule has 1 fully saturated rings. The molecule has 9 nitrogen and oxygen atoms in total. The van der Waals surface area contributed by atoms with Crippen LogP contribution in [-0.2, 0) is 7.05 Å². The number of aromatic nitrogens is 2. The molecule has 0 saturated carbocycles. The zero-order chi connectivity index (χ0) is 27.8. The first-order chi connectivity index (χ1) is 18.7. The molecule has 1 aliphatic heterocycles. The van der Waals surface area contributed by atoms with Crippen LogP contribution in [0.3, 0.4) is 0 Å². The van der Waals surface area contributed by atoms with Crippen LogP contribution in [-0.4, -0.2) is 52.7 Å². The standard InChI is InChI=1S/C27H24BrF2N5O4/c1-32-20-9-10-22(28)31-23(20)25(26(27(32)36)35(37)38)34-13-11-33(12-14-34)24(16-3-5-17(29)6-4-16)19-8-7-18(30)15-21(19)39-2/h3-10,15,24H,11-14H2,1-2H3/t24-/m1/s1. The fourth-order valence-corrected chi connectivity index (χ4v) is 5.47. The average molecular weight is 600 g/mol. The summed E-state index contributed by atoms with van der Waals surface area (Å²) in [7, 11) is 2.95. The molecular formula is C27H24BrF2N5O4. The second-order valence-corrected chi connectivity index (χ2v) is 10.00. The van der Waals surface area contributed by atoms with Gasteiger partial charge in [0.15, 0.2) is 5.69 Å². The van der Waals surface area contributed by atoms with E-state index >= 15 is 0 Å². The van der Waals surface area contributed by atoms with Crippen molar-refractivity contribution in [3.63, 3.8) is 0 Å². The largest absolute Gasteiger partial charge is 0.496 e. The minimum Gasteiger partial charge on any atom is -0.496 e. The van der Waals surface area contributed by atoms with Gasteiger partial charge < -0.3 is 14.2 Å². The molecule has 0 unspecified atom stereocenters. The summed E-state index contributed by atoms with van der Waals surface area (Å²) in [5.74, 6) is -0.465. The SMILES string of the molecule is COc1cc(F)ccc1[C@@H](c1ccc(F)cc1)N1CCN(c2c([N+](=O)[O-])c(=O)n(C)c3ccc(Br)nc23)CC1. The molecular weight excluding hydrogens is 576 g/mol. The first-order valence-electron chi connectivity index (χ1n) is 12.1.